The third-order valence-corrected chi connectivity index (χ3v) is 4.78. The Bertz CT molecular complexity index is 929. The van der Waals surface area contributed by atoms with Gasteiger partial charge in [0.25, 0.3) is 0 Å². The molecule has 4 rings (SSSR count). The Morgan fingerprint density at radius 1 is 1.11 bits per heavy atom. The average molecular weight is 371 g/mol. The molecular formula is C18H21N5O4. The van der Waals surface area contributed by atoms with Crippen molar-refractivity contribution in [1.82, 2.24) is 19.5 Å². The van der Waals surface area contributed by atoms with Crippen molar-refractivity contribution < 1.29 is 20.1 Å². The molecule has 0 radical (unpaired) electrons. The van der Waals surface area contributed by atoms with Crippen LogP contribution < -0.4 is 5.32 Å². The molecule has 0 aliphatic carbocycles. The number of aryl methyl sites for hydroxylation is 1. The van der Waals surface area contributed by atoms with Crippen molar-refractivity contribution in [2.75, 3.05) is 11.9 Å². The van der Waals surface area contributed by atoms with E-state index in [1.165, 1.54) is 22.8 Å². The lowest BCUT2D eigenvalue weighted by Gasteiger charge is -2.16. The zero-order valence-corrected chi connectivity index (χ0v) is 14.7. The summed E-state index contributed by atoms with van der Waals surface area (Å²) in [6, 6.07) is 8.02. The van der Waals surface area contributed by atoms with Gasteiger partial charge in [-0.15, -0.1) is 0 Å². The summed E-state index contributed by atoms with van der Waals surface area (Å²) in [6.07, 6.45) is -0.309. The van der Waals surface area contributed by atoms with Crippen LogP contribution in [-0.2, 0) is 11.2 Å². The first kappa shape index (κ1) is 17.8. The molecule has 9 nitrogen and oxygen atoms in total. The SMILES string of the molecule is CCc1ccc(Nc2ncnc3c2ncn3[C@@H]2O[C@H](CO)[C@@H](O)[C@H]2O)cc1. The van der Waals surface area contributed by atoms with Gasteiger partial charge in [-0.3, -0.25) is 4.57 Å². The Balaban J connectivity index is 1.65. The smallest absolute Gasteiger partial charge is 0.167 e. The summed E-state index contributed by atoms with van der Waals surface area (Å²) in [4.78, 5) is 12.8. The van der Waals surface area contributed by atoms with Gasteiger partial charge in [-0.2, -0.15) is 0 Å². The van der Waals surface area contributed by atoms with Gasteiger partial charge in [-0.1, -0.05) is 19.1 Å². The van der Waals surface area contributed by atoms with Gasteiger partial charge in [-0.05, 0) is 24.1 Å². The topological polar surface area (TPSA) is 126 Å². The fraction of sp³-hybridized carbons (Fsp3) is 0.389. The van der Waals surface area contributed by atoms with E-state index in [1.807, 2.05) is 24.3 Å². The fourth-order valence-electron chi connectivity index (χ4n) is 3.20. The summed E-state index contributed by atoms with van der Waals surface area (Å²) in [5.41, 5.74) is 3.07. The second kappa shape index (κ2) is 7.20. The molecule has 27 heavy (non-hydrogen) atoms. The first-order chi connectivity index (χ1) is 13.1. The van der Waals surface area contributed by atoms with Gasteiger partial charge in [0, 0.05) is 5.69 Å². The highest BCUT2D eigenvalue weighted by molar-refractivity contribution is 5.85. The minimum atomic E-state index is -1.20. The van der Waals surface area contributed by atoms with Crippen molar-refractivity contribution in [3.8, 4) is 0 Å². The van der Waals surface area contributed by atoms with E-state index in [1.54, 1.807) is 0 Å². The van der Waals surface area contributed by atoms with Crippen LogP contribution in [0.1, 0.15) is 18.7 Å². The van der Waals surface area contributed by atoms with Crippen LogP contribution in [0.4, 0.5) is 11.5 Å². The second-order valence-electron chi connectivity index (χ2n) is 6.45. The molecule has 3 heterocycles. The van der Waals surface area contributed by atoms with Crippen LogP contribution in [-0.4, -0.2) is 59.8 Å². The Morgan fingerprint density at radius 2 is 1.89 bits per heavy atom. The number of fused-ring (bicyclic) bond motifs is 1. The molecule has 4 atom stereocenters. The maximum atomic E-state index is 10.3. The maximum absolute atomic E-state index is 10.3. The average Bonchev–Trinajstić information content (AvgIpc) is 3.25. The molecule has 2 aromatic heterocycles. The van der Waals surface area contributed by atoms with E-state index in [0.717, 1.165) is 12.1 Å². The van der Waals surface area contributed by atoms with Crippen molar-refractivity contribution >= 4 is 22.7 Å². The van der Waals surface area contributed by atoms with Gasteiger partial charge in [0.2, 0.25) is 0 Å². The van der Waals surface area contributed by atoms with Crippen LogP contribution >= 0.6 is 0 Å². The molecular weight excluding hydrogens is 350 g/mol. The zero-order chi connectivity index (χ0) is 19.0. The van der Waals surface area contributed by atoms with Crippen LogP contribution in [0, 0.1) is 0 Å². The molecule has 0 spiro atoms. The summed E-state index contributed by atoms with van der Waals surface area (Å²) >= 11 is 0. The van der Waals surface area contributed by atoms with Crippen LogP contribution in [0.15, 0.2) is 36.9 Å². The summed E-state index contributed by atoms with van der Waals surface area (Å²) in [5.74, 6) is 0.523. The Labute approximate surface area is 155 Å². The minimum Gasteiger partial charge on any atom is -0.394 e. The number of nitrogens with one attached hydrogen (secondary N) is 1. The van der Waals surface area contributed by atoms with Gasteiger partial charge >= 0.3 is 0 Å². The van der Waals surface area contributed by atoms with E-state index in [0.29, 0.717) is 17.0 Å². The van der Waals surface area contributed by atoms with Crippen molar-refractivity contribution in [2.24, 2.45) is 0 Å². The molecule has 0 amide bonds. The van der Waals surface area contributed by atoms with Gasteiger partial charge < -0.3 is 25.4 Å². The minimum absolute atomic E-state index is 0.392. The van der Waals surface area contributed by atoms with Crippen LogP contribution in [0.5, 0.6) is 0 Å². The molecule has 1 aromatic carbocycles. The largest absolute Gasteiger partial charge is 0.394 e. The highest BCUT2D eigenvalue weighted by Crippen LogP contribution is 2.32. The Morgan fingerprint density at radius 3 is 2.56 bits per heavy atom. The predicted molar refractivity (Wildman–Crippen MR) is 97.4 cm³/mol. The summed E-state index contributed by atoms with van der Waals surface area (Å²) < 4.78 is 7.10. The summed E-state index contributed by atoms with van der Waals surface area (Å²) in [6.45, 7) is 1.71. The van der Waals surface area contributed by atoms with Crippen LogP contribution in [0.25, 0.3) is 11.2 Å². The lowest BCUT2D eigenvalue weighted by atomic mass is 10.1. The summed E-state index contributed by atoms with van der Waals surface area (Å²) in [5, 5.41) is 32.7. The molecule has 9 heteroatoms. The molecule has 0 saturated carbocycles. The lowest BCUT2D eigenvalue weighted by molar-refractivity contribution is -0.0511. The molecule has 142 valence electrons. The van der Waals surface area contributed by atoms with Crippen molar-refractivity contribution in [3.63, 3.8) is 0 Å². The third-order valence-electron chi connectivity index (χ3n) is 4.78. The van der Waals surface area contributed by atoms with E-state index < -0.39 is 31.1 Å². The number of hydrogen-bond acceptors (Lipinski definition) is 8. The van der Waals surface area contributed by atoms with E-state index in [4.69, 9.17) is 4.74 Å². The number of aliphatic hydroxyl groups is 3. The van der Waals surface area contributed by atoms with Gasteiger partial charge in [0.05, 0.1) is 12.9 Å². The molecule has 1 aliphatic rings. The van der Waals surface area contributed by atoms with E-state index in [2.05, 4.69) is 27.2 Å². The fourth-order valence-corrected chi connectivity index (χ4v) is 3.20. The predicted octanol–water partition coefficient (Wildman–Crippen LogP) is 0.744. The Kier molecular flexibility index (Phi) is 4.75. The number of ether oxygens (including phenoxy) is 1. The molecule has 4 N–H and O–H groups in total. The molecule has 1 fully saturated rings. The highest BCUT2D eigenvalue weighted by Gasteiger charge is 2.44. The van der Waals surface area contributed by atoms with Gasteiger partial charge in [-0.25, -0.2) is 15.0 Å². The normalized spacial score (nSPS) is 25.2. The number of nitrogens with zero attached hydrogens (tertiary/aromatic N) is 4. The van der Waals surface area contributed by atoms with Crippen LogP contribution in [0.2, 0.25) is 0 Å². The van der Waals surface area contributed by atoms with E-state index >= 15 is 0 Å². The van der Waals surface area contributed by atoms with Crippen LogP contribution in [0.3, 0.4) is 0 Å². The van der Waals surface area contributed by atoms with Gasteiger partial charge in [0.15, 0.2) is 23.2 Å². The van der Waals surface area contributed by atoms with Gasteiger partial charge in [0.1, 0.15) is 24.6 Å². The first-order valence-corrected chi connectivity index (χ1v) is 8.78. The van der Waals surface area contributed by atoms with Crippen molar-refractivity contribution in [1.29, 1.82) is 0 Å². The molecule has 0 bridgehead atoms. The van der Waals surface area contributed by atoms with Crippen molar-refractivity contribution in [2.45, 2.75) is 37.9 Å². The monoisotopic (exact) mass is 371 g/mol. The maximum Gasteiger partial charge on any atom is 0.167 e. The second-order valence-corrected chi connectivity index (χ2v) is 6.45. The number of imidazole rings is 1. The van der Waals surface area contributed by atoms with E-state index in [-0.39, 0.29) is 0 Å². The number of anilines is 2. The molecule has 1 saturated heterocycles. The number of aromatic nitrogens is 4. The molecule has 1 aliphatic heterocycles. The summed E-state index contributed by atoms with van der Waals surface area (Å²) in [7, 11) is 0. The Hall–Kier alpha value is -2.59. The number of hydrogen-bond donors (Lipinski definition) is 4. The highest BCUT2D eigenvalue weighted by atomic mass is 16.6. The first-order valence-electron chi connectivity index (χ1n) is 8.78. The molecule has 0 unspecified atom stereocenters. The quantitative estimate of drug-likeness (QED) is 0.518. The van der Waals surface area contributed by atoms with E-state index in [9.17, 15) is 15.3 Å². The number of benzene rings is 1. The lowest BCUT2D eigenvalue weighted by Crippen LogP contribution is -2.33. The molecule has 3 aromatic rings. The number of aliphatic hydroxyl groups excluding tert-OH is 3. The number of rotatable bonds is 5. The van der Waals surface area contributed by atoms with Crippen molar-refractivity contribution in [3.05, 3.63) is 42.5 Å². The standard InChI is InChI=1S/C18H21N5O4/c1-2-10-3-5-11(6-4-10)22-16-13-17(20-8-19-16)23(9-21-13)18-15(26)14(25)12(7-24)27-18/h3-6,8-9,12,14-15,18,24-26H,2,7H2,1H3,(H,19,20,22)/t12-,14-,15-,18-/m1/s1. The zero-order valence-electron chi connectivity index (χ0n) is 14.7. The third kappa shape index (κ3) is 3.15.